The molecule has 1 aliphatic rings. The predicted molar refractivity (Wildman–Crippen MR) is 102 cm³/mol. The zero-order valence-electron chi connectivity index (χ0n) is 15.9. The summed E-state index contributed by atoms with van der Waals surface area (Å²) in [7, 11) is -1.66. The monoisotopic (exact) mass is 369 g/mol. The lowest BCUT2D eigenvalue weighted by Crippen LogP contribution is -2.46. The number of halogens is 2. The molecule has 1 saturated carbocycles. The fraction of sp³-hybridized carbons (Fsp3) is 0.700. The topological polar surface area (TPSA) is 21.3 Å². The Bertz CT molecular complexity index is 502. The first-order valence-electron chi connectivity index (χ1n) is 9.85. The summed E-state index contributed by atoms with van der Waals surface area (Å²) in [4.78, 5) is 0. The highest BCUT2D eigenvalue weighted by Crippen LogP contribution is 2.33. The molecule has 2 rings (SSSR count). The van der Waals surface area contributed by atoms with Crippen molar-refractivity contribution in [2.24, 2.45) is 5.92 Å². The maximum atomic E-state index is 13.3. The molecule has 25 heavy (non-hydrogen) atoms. The van der Waals surface area contributed by atoms with Crippen molar-refractivity contribution in [2.75, 3.05) is 6.54 Å². The van der Waals surface area contributed by atoms with Gasteiger partial charge in [-0.25, -0.2) is 8.78 Å². The molecule has 1 aromatic carbocycles. The molecule has 0 aromatic heterocycles. The van der Waals surface area contributed by atoms with E-state index in [1.807, 2.05) is 0 Å². The highest BCUT2D eigenvalue weighted by Gasteiger charge is 2.35. The second-order valence-corrected chi connectivity index (χ2v) is 12.1. The summed E-state index contributed by atoms with van der Waals surface area (Å²) in [6.07, 6.45) is 5.29. The maximum absolute atomic E-state index is 13.3. The molecule has 1 fully saturated rings. The van der Waals surface area contributed by atoms with Crippen LogP contribution in [0.3, 0.4) is 0 Å². The molecule has 0 radical (unpaired) electrons. The van der Waals surface area contributed by atoms with Crippen LogP contribution in [0.15, 0.2) is 18.2 Å². The van der Waals surface area contributed by atoms with Gasteiger partial charge in [-0.05, 0) is 54.6 Å². The largest absolute Gasteiger partial charge is 0.412 e. The quantitative estimate of drug-likeness (QED) is 0.539. The highest BCUT2D eigenvalue weighted by molar-refractivity contribution is 6.73. The van der Waals surface area contributed by atoms with Crippen LogP contribution in [0.1, 0.15) is 52.0 Å². The molecule has 0 saturated heterocycles. The molecule has 2 nitrogen and oxygen atoms in total. The minimum Gasteiger partial charge on any atom is -0.412 e. The van der Waals surface area contributed by atoms with E-state index in [4.69, 9.17) is 4.43 Å². The molecule has 0 heterocycles. The number of hydrogen-bond donors (Lipinski definition) is 1. The molecule has 1 atom stereocenters. The van der Waals surface area contributed by atoms with Gasteiger partial charge in [0.15, 0.2) is 8.32 Å². The third kappa shape index (κ3) is 5.86. The molecule has 1 unspecified atom stereocenters. The van der Waals surface area contributed by atoms with Gasteiger partial charge in [0, 0.05) is 19.2 Å². The smallest absolute Gasteiger partial charge is 0.192 e. The molecule has 0 spiro atoms. The van der Waals surface area contributed by atoms with Crippen LogP contribution >= 0.6 is 0 Å². The van der Waals surface area contributed by atoms with E-state index in [1.165, 1.54) is 37.8 Å². The Hall–Kier alpha value is -0.783. The second-order valence-electron chi connectivity index (χ2n) is 7.35. The zero-order valence-corrected chi connectivity index (χ0v) is 16.9. The highest BCUT2D eigenvalue weighted by atomic mass is 28.4. The van der Waals surface area contributed by atoms with Crippen molar-refractivity contribution in [3.63, 3.8) is 0 Å². The van der Waals surface area contributed by atoms with Crippen LogP contribution in [0.25, 0.3) is 0 Å². The fourth-order valence-corrected chi connectivity index (χ4v) is 6.94. The van der Waals surface area contributed by atoms with E-state index in [-0.39, 0.29) is 6.10 Å². The minimum absolute atomic E-state index is 0.229. The second kappa shape index (κ2) is 9.79. The molecule has 0 amide bonds. The van der Waals surface area contributed by atoms with Crippen molar-refractivity contribution < 1.29 is 13.2 Å². The van der Waals surface area contributed by atoms with Gasteiger partial charge in [-0.15, -0.1) is 0 Å². The predicted octanol–water partition coefficient (Wildman–Crippen LogP) is 5.64. The van der Waals surface area contributed by atoms with Gasteiger partial charge in [-0.2, -0.15) is 0 Å². The molecule has 0 aliphatic heterocycles. The van der Waals surface area contributed by atoms with E-state index < -0.39 is 20.0 Å². The van der Waals surface area contributed by atoms with Gasteiger partial charge >= 0.3 is 0 Å². The van der Waals surface area contributed by atoms with Gasteiger partial charge in [-0.1, -0.05) is 33.6 Å². The van der Waals surface area contributed by atoms with Crippen LogP contribution in [0.5, 0.6) is 0 Å². The molecule has 1 aromatic rings. The number of rotatable bonds is 10. The molecular weight excluding hydrogens is 336 g/mol. The Morgan fingerprint density at radius 1 is 1.04 bits per heavy atom. The van der Waals surface area contributed by atoms with Crippen molar-refractivity contribution in [1.29, 1.82) is 0 Å². The lowest BCUT2D eigenvalue weighted by Gasteiger charge is -2.36. The average molecular weight is 370 g/mol. The Morgan fingerprint density at radius 3 is 2.12 bits per heavy atom. The maximum Gasteiger partial charge on any atom is 0.192 e. The molecule has 1 aliphatic carbocycles. The third-order valence-electron chi connectivity index (χ3n) is 5.86. The van der Waals surface area contributed by atoms with Crippen LogP contribution in [0.4, 0.5) is 8.78 Å². The third-order valence-corrected chi connectivity index (χ3v) is 10.5. The fourth-order valence-electron chi connectivity index (χ4n) is 4.03. The molecule has 1 N–H and O–H groups in total. The number of nitrogens with one attached hydrogen (secondary N) is 1. The number of hydrogen-bond acceptors (Lipinski definition) is 2. The molecular formula is C20H33F2NOSi. The number of benzene rings is 1. The Balaban J connectivity index is 1.98. The van der Waals surface area contributed by atoms with E-state index in [1.54, 1.807) is 0 Å². The average Bonchev–Trinajstić information content (AvgIpc) is 3.12. The van der Waals surface area contributed by atoms with Crippen molar-refractivity contribution in [3.8, 4) is 0 Å². The summed E-state index contributed by atoms with van der Waals surface area (Å²) in [6.45, 7) is 8.01. The van der Waals surface area contributed by atoms with Gasteiger partial charge in [0.25, 0.3) is 0 Å². The lowest BCUT2D eigenvalue weighted by atomic mass is 10.0. The van der Waals surface area contributed by atoms with Crippen molar-refractivity contribution in [2.45, 2.75) is 77.2 Å². The van der Waals surface area contributed by atoms with Crippen molar-refractivity contribution in [1.82, 2.24) is 5.32 Å². The summed E-state index contributed by atoms with van der Waals surface area (Å²) in [5, 5.41) is 3.39. The minimum atomic E-state index is -1.66. The standard InChI is InChI=1S/C20H33F2NOSi/c1-4-25(5-2,6-3)24-20(17-9-7-8-10-17)15-23-14-16-11-18(21)13-19(22)12-16/h11-13,17,20,23H,4-10,14-15H2,1-3H3. The zero-order chi connectivity index (χ0) is 18.3. The normalized spacial score (nSPS) is 17.2. The van der Waals surface area contributed by atoms with Gasteiger partial charge in [0.1, 0.15) is 11.6 Å². The van der Waals surface area contributed by atoms with Crippen LogP contribution in [0, 0.1) is 17.6 Å². The summed E-state index contributed by atoms with van der Waals surface area (Å²) in [5.41, 5.74) is 0.646. The van der Waals surface area contributed by atoms with Crippen LogP contribution < -0.4 is 5.32 Å². The molecule has 142 valence electrons. The van der Waals surface area contributed by atoms with E-state index in [9.17, 15) is 8.78 Å². The first-order valence-corrected chi connectivity index (χ1v) is 12.4. The SMILES string of the molecule is CC[Si](CC)(CC)OC(CNCc1cc(F)cc(F)c1)C1CCCC1. The van der Waals surface area contributed by atoms with E-state index >= 15 is 0 Å². The van der Waals surface area contributed by atoms with Crippen molar-refractivity contribution in [3.05, 3.63) is 35.4 Å². The van der Waals surface area contributed by atoms with E-state index in [2.05, 4.69) is 26.1 Å². The van der Waals surface area contributed by atoms with E-state index in [0.717, 1.165) is 30.7 Å². The van der Waals surface area contributed by atoms with Crippen LogP contribution in [0.2, 0.25) is 18.1 Å². The Morgan fingerprint density at radius 2 is 1.60 bits per heavy atom. The Labute approximate surface area is 152 Å². The van der Waals surface area contributed by atoms with Gasteiger partial charge < -0.3 is 9.74 Å². The van der Waals surface area contributed by atoms with E-state index in [0.29, 0.717) is 18.0 Å². The van der Waals surface area contributed by atoms with Crippen LogP contribution in [-0.2, 0) is 11.0 Å². The summed E-state index contributed by atoms with van der Waals surface area (Å²) in [6, 6.07) is 7.15. The van der Waals surface area contributed by atoms with Gasteiger partial charge in [0.2, 0.25) is 0 Å². The summed E-state index contributed by atoms with van der Waals surface area (Å²) in [5.74, 6) is -0.419. The molecule has 0 bridgehead atoms. The molecule has 5 heteroatoms. The van der Waals surface area contributed by atoms with Crippen LogP contribution in [-0.4, -0.2) is 21.0 Å². The lowest BCUT2D eigenvalue weighted by molar-refractivity contribution is 0.121. The van der Waals surface area contributed by atoms with Gasteiger partial charge in [0.05, 0.1) is 6.10 Å². The Kier molecular flexibility index (Phi) is 8.04. The van der Waals surface area contributed by atoms with Crippen molar-refractivity contribution >= 4 is 8.32 Å². The first-order chi connectivity index (χ1) is 12.0. The van der Waals surface area contributed by atoms with Gasteiger partial charge in [-0.3, -0.25) is 0 Å². The first kappa shape index (κ1) is 20.5. The summed E-state index contributed by atoms with van der Waals surface area (Å²) >= 11 is 0. The summed E-state index contributed by atoms with van der Waals surface area (Å²) < 4.78 is 33.4.